The van der Waals surface area contributed by atoms with Crippen molar-refractivity contribution in [1.82, 2.24) is 5.32 Å². The van der Waals surface area contributed by atoms with Crippen LogP contribution in [0.15, 0.2) is 0 Å². The van der Waals surface area contributed by atoms with Gasteiger partial charge in [-0.05, 0) is 19.4 Å². The van der Waals surface area contributed by atoms with E-state index in [1.807, 2.05) is 0 Å². The van der Waals surface area contributed by atoms with Crippen LogP contribution in [0.25, 0.3) is 0 Å². The minimum atomic E-state index is 0.400. The van der Waals surface area contributed by atoms with Crippen LogP contribution >= 0.6 is 11.8 Å². The van der Waals surface area contributed by atoms with E-state index in [0.717, 1.165) is 6.04 Å². The van der Waals surface area contributed by atoms with E-state index in [4.69, 9.17) is 0 Å². The summed E-state index contributed by atoms with van der Waals surface area (Å²) in [5.74, 6) is 1.26. The molecule has 0 saturated carbocycles. The van der Waals surface area contributed by atoms with Crippen LogP contribution in [0, 0.1) is 0 Å². The van der Waals surface area contributed by atoms with Crippen molar-refractivity contribution < 1.29 is 0 Å². The Labute approximate surface area is 107 Å². The standard InChI is InChI=1S/C14H31NS/c1-6-8-9-10-13(15-11-7-2)12-16-14(3,4)5/h13,15H,6-12H2,1-5H3. The predicted octanol–water partition coefficient (Wildman–Crippen LogP) is 4.47. The molecule has 16 heavy (non-hydrogen) atoms. The maximum Gasteiger partial charge on any atom is 0.0158 e. The third-order valence-electron chi connectivity index (χ3n) is 2.56. The minimum absolute atomic E-state index is 0.400. The molecule has 0 rings (SSSR count). The van der Waals surface area contributed by atoms with Crippen molar-refractivity contribution in [2.45, 2.75) is 77.5 Å². The zero-order valence-corrected chi connectivity index (χ0v) is 12.8. The highest BCUT2D eigenvalue weighted by molar-refractivity contribution is 8.00. The van der Waals surface area contributed by atoms with Crippen molar-refractivity contribution in [3.05, 3.63) is 0 Å². The first kappa shape index (κ1) is 16.3. The van der Waals surface area contributed by atoms with Gasteiger partial charge in [-0.25, -0.2) is 0 Å². The summed E-state index contributed by atoms with van der Waals surface area (Å²) in [4.78, 5) is 0. The Bertz CT molecular complexity index is 151. The topological polar surface area (TPSA) is 12.0 Å². The Morgan fingerprint density at radius 2 is 1.75 bits per heavy atom. The summed E-state index contributed by atoms with van der Waals surface area (Å²) in [6.07, 6.45) is 6.67. The van der Waals surface area contributed by atoms with Crippen LogP contribution in [0.1, 0.15) is 66.7 Å². The fourth-order valence-corrected chi connectivity index (χ4v) is 2.57. The minimum Gasteiger partial charge on any atom is -0.313 e. The van der Waals surface area contributed by atoms with Gasteiger partial charge in [0, 0.05) is 16.5 Å². The predicted molar refractivity (Wildman–Crippen MR) is 78.4 cm³/mol. The van der Waals surface area contributed by atoms with Gasteiger partial charge in [-0.3, -0.25) is 0 Å². The molecule has 0 heterocycles. The Balaban J connectivity index is 3.80. The molecular formula is C14H31NS. The maximum absolute atomic E-state index is 3.68. The normalized spacial score (nSPS) is 14.1. The van der Waals surface area contributed by atoms with Crippen molar-refractivity contribution in [2.24, 2.45) is 0 Å². The fourth-order valence-electron chi connectivity index (χ4n) is 1.58. The van der Waals surface area contributed by atoms with Gasteiger partial charge in [-0.15, -0.1) is 0 Å². The van der Waals surface area contributed by atoms with Crippen LogP contribution < -0.4 is 5.32 Å². The molecule has 0 radical (unpaired) electrons. The summed E-state index contributed by atoms with van der Waals surface area (Å²) < 4.78 is 0.400. The van der Waals surface area contributed by atoms with E-state index in [-0.39, 0.29) is 0 Å². The lowest BCUT2D eigenvalue weighted by atomic mass is 10.1. The van der Waals surface area contributed by atoms with E-state index in [1.54, 1.807) is 0 Å². The molecule has 0 fully saturated rings. The van der Waals surface area contributed by atoms with Crippen molar-refractivity contribution in [3.8, 4) is 0 Å². The number of hydrogen-bond acceptors (Lipinski definition) is 2. The van der Waals surface area contributed by atoms with Gasteiger partial charge in [0.15, 0.2) is 0 Å². The number of hydrogen-bond donors (Lipinski definition) is 1. The van der Waals surface area contributed by atoms with Crippen LogP contribution in [0.5, 0.6) is 0 Å². The first-order valence-electron chi connectivity index (χ1n) is 6.87. The van der Waals surface area contributed by atoms with E-state index in [9.17, 15) is 0 Å². The smallest absolute Gasteiger partial charge is 0.0158 e. The summed E-state index contributed by atoms with van der Waals surface area (Å²) >= 11 is 2.09. The Morgan fingerprint density at radius 1 is 1.06 bits per heavy atom. The molecule has 1 atom stereocenters. The molecule has 0 aliphatic carbocycles. The first-order valence-corrected chi connectivity index (χ1v) is 7.85. The van der Waals surface area contributed by atoms with Crippen molar-refractivity contribution in [3.63, 3.8) is 0 Å². The van der Waals surface area contributed by atoms with Gasteiger partial charge in [0.1, 0.15) is 0 Å². The molecular weight excluding hydrogens is 214 g/mol. The molecule has 1 nitrogen and oxygen atoms in total. The van der Waals surface area contributed by atoms with Gasteiger partial charge >= 0.3 is 0 Å². The summed E-state index contributed by atoms with van der Waals surface area (Å²) in [6, 6.07) is 0.718. The van der Waals surface area contributed by atoms with Gasteiger partial charge in [-0.2, -0.15) is 11.8 Å². The lowest BCUT2D eigenvalue weighted by molar-refractivity contribution is 0.492. The fraction of sp³-hybridized carbons (Fsp3) is 1.00. The number of thioether (sulfide) groups is 1. The van der Waals surface area contributed by atoms with Gasteiger partial charge in [-0.1, -0.05) is 53.9 Å². The summed E-state index contributed by atoms with van der Waals surface area (Å²) in [6.45, 7) is 12.6. The molecule has 0 spiro atoms. The van der Waals surface area contributed by atoms with Crippen molar-refractivity contribution in [1.29, 1.82) is 0 Å². The van der Waals surface area contributed by atoms with Crippen LogP contribution in [0.4, 0.5) is 0 Å². The summed E-state index contributed by atoms with van der Waals surface area (Å²) in [5, 5.41) is 3.68. The molecule has 0 aliphatic rings. The Kier molecular flexibility index (Phi) is 9.53. The average molecular weight is 245 g/mol. The highest BCUT2D eigenvalue weighted by Crippen LogP contribution is 2.24. The molecule has 0 bridgehead atoms. The zero-order valence-electron chi connectivity index (χ0n) is 11.9. The molecule has 0 saturated heterocycles. The molecule has 1 N–H and O–H groups in total. The molecule has 0 aromatic carbocycles. The van der Waals surface area contributed by atoms with E-state index < -0.39 is 0 Å². The first-order chi connectivity index (χ1) is 7.49. The van der Waals surface area contributed by atoms with Crippen molar-refractivity contribution in [2.75, 3.05) is 12.3 Å². The summed E-state index contributed by atoms with van der Waals surface area (Å²) in [5.41, 5.74) is 0. The molecule has 2 heteroatoms. The molecule has 0 amide bonds. The Morgan fingerprint density at radius 3 is 2.25 bits per heavy atom. The monoisotopic (exact) mass is 245 g/mol. The lowest BCUT2D eigenvalue weighted by Gasteiger charge is -2.23. The third kappa shape index (κ3) is 10.8. The van der Waals surface area contributed by atoms with Crippen LogP contribution in [-0.4, -0.2) is 23.1 Å². The van der Waals surface area contributed by atoms with Gasteiger partial charge < -0.3 is 5.32 Å². The maximum atomic E-state index is 3.68. The van der Waals surface area contributed by atoms with E-state index >= 15 is 0 Å². The van der Waals surface area contributed by atoms with Crippen molar-refractivity contribution >= 4 is 11.8 Å². The molecule has 0 aromatic heterocycles. The van der Waals surface area contributed by atoms with Gasteiger partial charge in [0.25, 0.3) is 0 Å². The molecule has 0 aromatic rings. The lowest BCUT2D eigenvalue weighted by Crippen LogP contribution is -2.33. The third-order valence-corrected chi connectivity index (χ3v) is 3.99. The molecule has 98 valence electrons. The number of unbranched alkanes of at least 4 members (excludes halogenated alkanes) is 2. The molecule has 0 aliphatic heterocycles. The second-order valence-corrected chi connectivity index (χ2v) is 7.42. The van der Waals surface area contributed by atoms with E-state index in [2.05, 4.69) is 51.7 Å². The van der Waals surface area contributed by atoms with E-state index in [0.29, 0.717) is 4.75 Å². The van der Waals surface area contributed by atoms with Crippen LogP contribution in [0.2, 0.25) is 0 Å². The van der Waals surface area contributed by atoms with E-state index in [1.165, 1.54) is 44.4 Å². The SMILES string of the molecule is CCCCCC(CSC(C)(C)C)NCCC. The number of nitrogens with one attached hydrogen (secondary N) is 1. The summed E-state index contributed by atoms with van der Waals surface area (Å²) in [7, 11) is 0. The van der Waals surface area contributed by atoms with Gasteiger partial charge in [0.2, 0.25) is 0 Å². The van der Waals surface area contributed by atoms with Crippen LogP contribution in [0.3, 0.4) is 0 Å². The highest BCUT2D eigenvalue weighted by atomic mass is 32.2. The quantitative estimate of drug-likeness (QED) is 0.602. The average Bonchev–Trinajstić information content (AvgIpc) is 2.20. The number of rotatable bonds is 9. The second-order valence-electron chi connectivity index (χ2n) is 5.57. The van der Waals surface area contributed by atoms with Gasteiger partial charge in [0.05, 0.1) is 0 Å². The van der Waals surface area contributed by atoms with Crippen LogP contribution in [-0.2, 0) is 0 Å². The Hall–Kier alpha value is 0.310. The second kappa shape index (κ2) is 9.35. The zero-order chi connectivity index (χ0) is 12.4. The highest BCUT2D eigenvalue weighted by Gasteiger charge is 2.14. The largest absolute Gasteiger partial charge is 0.313 e. The molecule has 1 unspecified atom stereocenters.